The Bertz CT molecular complexity index is 1230. The molecule has 0 amide bonds. The number of rotatable bonds is 5. The summed E-state index contributed by atoms with van der Waals surface area (Å²) in [6.45, 7) is 4.16. The third kappa shape index (κ3) is 3.87. The van der Waals surface area contributed by atoms with Gasteiger partial charge in [0, 0.05) is 4.88 Å². The smallest absolute Gasteiger partial charge is 0.337 e. The van der Waals surface area contributed by atoms with Gasteiger partial charge in [-0.15, -0.1) is 11.3 Å². The second-order valence-electron chi connectivity index (χ2n) is 7.56. The average Bonchev–Trinajstić information content (AvgIpc) is 3.14. The van der Waals surface area contributed by atoms with Crippen molar-refractivity contribution in [2.75, 3.05) is 13.7 Å². The lowest BCUT2D eigenvalue weighted by molar-refractivity contribution is -0.145. The minimum absolute atomic E-state index is 0.167. The molecule has 162 valence electrons. The SMILES string of the molecule is CCOC(=O)C1CCCc2sc3nc(C)n(Cc4cccc(C(=O)OC)c4)c(=O)c3c21. The van der Waals surface area contributed by atoms with Gasteiger partial charge in [-0.25, -0.2) is 9.78 Å². The number of aromatic nitrogens is 2. The van der Waals surface area contributed by atoms with Gasteiger partial charge in [0.05, 0.1) is 37.1 Å². The van der Waals surface area contributed by atoms with Crippen LogP contribution in [0.15, 0.2) is 29.1 Å². The molecule has 7 nitrogen and oxygen atoms in total. The predicted molar refractivity (Wildman–Crippen MR) is 118 cm³/mol. The number of methoxy groups -OCH3 is 1. The lowest BCUT2D eigenvalue weighted by Gasteiger charge is -2.21. The summed E-state index contributed by atoms with van der Waals surface area (Å²) >= 11 is 1.50. The third-order valence-electron chi connectivity index (χ3n) is 5.62. The van der Waals surface area contributed by atoms with Crippen LogP contribution in [0.5, 0.6) is 0 Å². The Morgan fingerprint density at radius 2 is 2.13 bits per heavy atom. The summed E-state index contributed by atoms with van der Waals surface area (Å²) in [4.78, 5) is 44.4. The average molecular weight is 441 g/mol. The van der Waals surface area contributed by atoms with Gasteiger partial charge in [-0.2, -0.15) is 0 Å². The number of esters is 2. The van der Waals surface area contributed by atoms with Crippen LogP contribution in [-0.2, 0) is 27.2 Å². The molecule has 8 heteroatoms. The Morgan fingerprint density at radius 1 is 1.32 bits per heavy atom. The summed E-state index contributed by atoms with van der Waals surface area (Å²) in [5.74, 6) is -0.540. The molecule has 0 bridgehead atoms. The topological polar surface area (TPSA) is 87.5 Å². The highest BCUT2D eigenvalue weighted by molar-refractivity contribution is 7.18. The van der Waals surface area contributed by atoms with Crippen molar-refractivity contribution in [1.82, 2.24) is 9.55 Å². The van der Waals surface area contributed by atoms with Crippen molar-refractivity contribution in [3.63, 3.8) is 0 Å². The molecule has 1 aliphatic rings. The Kier molecular flexibility index (Phi) is 5.91. The molecule has 4 rings (SSSR count). The van der Waals surface area contributed by atoms with Crippen molar-refractivity contribution in [1.29, 1.82) is 0 Å². The Morgan fingerprint density at radius 3 is 2.87 bits per heavy atom. The van der Waals surface area contributed by atoms with Crippen molar-refractivity contribution in [2.24, 2.45) is 0 Å². The van der Waals surface area contributed by atoms with E-state index >= 15 is 0 Å². The lowest BCUT2D eigenvalue weighted by Crippen LogP contribution is -2.27. The summed E-state index contributed by atoms with van der Waals surface area (Å²) in [5.41, 5.74) is 1.84. The molecule has 0 aliphatic heterocycles. The maximum absolute atomic E-state index is 13.6. The zero-order valence-electron chi connectivity index (χ0n) is 17.8. The molecular formula is C23H24N2O5S. The number of nitrogens with zero attached hydrogens (tertiary/aromatic N) is 2. The first-order valence-electron chi connectivity index (χ1n) is 10.3. The maximum atomic E-state index is 13.6. The highest BCUT2D eigenvalue weighted by atomic mass is 32.1. The number of ether oxygens (including phenoxy) is 2. The summed E-state index contributed by atoms with van der Waals surface area (Å²) in [5, 5.41) is 0.521. The van der Waals surface area contributed by atoms with E-state index < -0.39 is 11.9 Å². The zero-order chi connectivity index (χ0) is 22.1. The normalized spacial score (nSPS) is 15.5. The molecule has 1 aromatic carbocycles. The summed E-state index contributed by atoms with van der Waals surface area (Å²) in [6.07, 6.45) is 2.40. The van der Waals surface area contributed by atoms with Gasteiger partial charge < -0.3 is 9.47 Å². The van der Waals surface area contributed by atoms with Crippen molar-refractivity contribution in [3.8, 4) is 0 Å². The summed E-state index contributed by atoms with van der Waals surface area (Å²) < 4.78 is 11.7. The standard InChI is InChI=1S/C23H24N2O5S/c1-4-30-23(28)16-9-6-10-17-18(16)19-20(31-17)24-13(2)25(21(19)26)12-14-7-5-8-15(11-14)22(27)29-3/h5,7-8,11,16H,4,6,9-10,12H2,1-3H3. The van der Waals surface area contributed by atoms with E-state index in [0.29, 0.717) is 34.6 Å². The number of benzene rings is 1. The molecule has 1 unspecified atom stereocenters. The van der Waals surface area contributed by atoms with Gasteiger partial charge in [0.25, 0.3) is 5.56 Å². The quantitative estimate of drug-likeness (QED) is 0.564. The van der Waals surface area contributed by atoms with Gasteiger partial charge in [-0.05, 0) is 56.4 Å². The van der Waals surface area contributed by atoms with Gasteiger partial charge in [-0.3, -0.25) is 14.2 Å². The van der Waals surface area contributed by atoms with Crippen LogP contribution in [-0.4, -0.2) is 35.2 Å². The number of fused-ring (bicyclic) bond motifs is 3. The highest BCUT2D eigenvalue weighted by Crippen LogP contribution is 2.41. The third-order valence-corrected chi connectivity index (χ3v) is 6.78. The van der Waals surface area contributed by atoms with Crippen LogP contribution < -0.4 is 5.56 Å². The molecule has 1 aliphatic carbocycles. The van der Waals surface area contributed by atoms with Crippen LogP contribution in [0.25, 0.3) is 10.2 Å². The van der Waals surface area contributed by atoms with E-state index in [1.54, 1.807) is 36.6 Å². The van der Waals surface area contributed by atoms with E-state index in [0.717, 1.165) is 28.8 Å². The molecular weight excluding hydrogens is 416 g/mol. The van der Waals surface area contributed by atoms with E-state index in [2.05, 4.69) is 4.98 Å². The van der Waals surface area contributed by atoms with E-state index in [-0.39, 0.29) is 18.1 Å². The minimum Gasteiger partial charge on any atom is -0.466 e. The first-order chi connectivity index (χ1) is 14.9. The Hall–Kier alpha value is -3.00. The fourth-order valence-corrected chi connectivity index (χ4v) is 5.49. The first-order valence-corrected chi connectivity index (χ1v) is 11.1. The van der Waals surface area contributed by atoms with Crippen LogP contribution in [0.1, 0.15) is 57.9 Å². The Balaban J connectivity index is 1.82. The van der Waals surface area contributed by atoms with Gasteiger partial charge >= 0.3 is 11.9 Å². The minimum atomic E-state index is -0.427. The first kappa shape index (κ1) is 21.2. The van der Waals surface area contributed by atoms with Crippen molar-refractivity contribution in [3.05, 3.63) is 62.0 Å². The molecule has 1 atom stereocenters. The highest BCUT2D eigenvalue weighted by Gasteiger charge is 2.33. The van der Waals surface area contributed by atoms with Crippen LogP contribution in [0, 0.1) is 6.92 Å². The predicted octanol–water partition coefficient (Wildman–Crippen LogP) is 3.58. The zero-order valence-corrected chi connectivity index (χ0v) is 18.6. The van der Waals surface area contributed by atoms with Gasteiger partial charge in [0.1, 0.15) is 10.7 Å². The van der Waals surface area contributed by atoms with Gasteiger partial charge in [0.15, 0.2) is 0 Å². The molecule has 0 saturated heterocycles. The number of aryl methyl sites for hydroxylation is 2. The second kappa shape index (κ2) is 8.63. The van der Waals surface area contributed by atoms with Crippen molar-refractivity contribution < 1.29 is 19.1 Å². The molecule has 0 N–H and O–H groups in total. The number of carbonyl (C=O) groups is 2. The van der Waals surface area contributed by atoms with Crippen molar-refractivity contribution >= 4 is 33.5 Å². The Labute approximate surface area is 183 Å². The van der Waals surface area contributed by atoms with Crippen molar-refractivity contribution in [2.45, 2.75) is 45.6 Å². The molecule has 0 fully saturated rings. The molecule has 31 heavy (non-hydrogen) atoms. The van der Waals surface area contributed by atoms with Crippen LogP contribution >= 0.6 is 11.3 Å². The number of thiophene rings is 1. The van der Waals surface area contributed by atoms with Crippen LogP contribution in [0.2, 0.25) is 0 Å². The molecule has 2 heterocycles. The van der Waals surface area contributed by atoms with E-state index in [4.69, 9.17) is 9.47 Å². The number of carbonyl (C=O) groups excluding carboxylic acids is 2. The fraction of sp³-hybridized carbons (Fsp3) is 0.391. The van der Waals surface area contributed by atoms with Crippen LogP contribution in [0.4, 0.5) is 0 Å². The van der Waals surface area contributed by atoms with E-state index in [1.807, 2.05) is 6.07 Å². The van der Waals surface area contributed by atoms with Crippen LogP contribution in [0.3, 0.4) is 0 Å². The summed E-state index contributed by atoms with van der Waals surface area (Å²) in [7, 11) is 1.33. The van der Waals surface area contributed by atoms with E-state index in [1.165, 1.54) is 18.4 Å². The van der Waals surface area contributed by atoms with E-state index in [9.17, 15) is 14.4 Å². The van der Waals surface area contributed by atoms with Gasteiger partial charge in [-0.1, -0.05) is 12.1 Å². The lowest BCUT2D eigenvalue weighted by atomic mass is 9.86. The molecule has 0 spiro atoms. The monoisotopic (exact) mass is 440 g/mol. The molecule has 2 aromatic heterocycles. The molecule has 0 radical (unpaired) electrons. The summed E-state index contributed by atoms with van der Waals surface area (Å²) in [6, 6.07) is 7.00. The number of hydrogen-bond acceptors (Lipinski definition) is 7. The fourth-order valence-electron chi connectivity index (χ4n) is 4.18. The second-order valence-corrected chi connectivity index (χ2v) is 8.64. The largest absolute Gasteiger partial charge is 0.466 e. The maximum Gasteiger partial charge on any atom is 0.337 e. The number of hydrogen-bond donors (Lipinski definition) is 0. The molecule has 0 saturated carbocycles. The molecule has 3 aromatic rings. The van der Waals surface area contributed by atoms with Gasteiger partial charge in [0.2, 0.25) is 0 Å².